The number of carbonyl (C=O) groups is 1. The molecule has 5 nitrogen and oxygen atoms in total. The zero-order valence-electron chi connectivity index (χ0n) is 9.09. The quantitative estimate of drug-likeness (QED) is 0.781. The van der Waals surface area contributed by atoms with Gasteiger partial charge in [-0.1, -0.05) is 0 Å². The Labute approximate surface area is 93.7 Å². The van der Waals surface area contributed by atoms with Crippen LogP contribution in [0.3, 0.4) is 0 Å². The number of hydrogen-bond acceptors (Lipinski definition) is 4. The van der Waals surface area contributed by atoms with Gasteiger partial charge in [0, 0.05) is 19.3 Å². The van der Waals surface area contributed by atoms with Crippen molar-refractivity contribution in [2.75, 3.05) is 20.2 Å². The maximum absolute atomic E-state index is 12.1. The molecule has 1 atom stereocenters. The molecule has 1 saturated heterocycles. The van der Waals surface area contributed by atoms with Crippen LogP contribution in [0, 0.1) is 0 Å². The van der Waals surface area contributed by atoms with Gasteiger partial charge in [-0.05, 0) is 12.5 Å². The number of carbonyl (C=O) groups excluding carboxylic acids is 1. The van der Waals surface area contributed by atoms with E-state index in [2.05, 4.69) is 4.98 Å². The summed E-state index contributed by atoms with van der Waals surface area (Å²) in [5.41, 5.74) is 0.492. The molecule has 1 aliphatic rings. The number of methoxy groups -OCH3 is 1. The fraction of sp³-hybridized carbons (Fsp3) is 0.455. The number of ether oxygens (including phenoxy) is 1. The average molecular weight is 222 g/mol. The molecule has 1 aromatic heterocycles. The largest absolute Gasteiger partial charge is 0.494 e. The van der Waals surface area contributed by atoms with E-state index in [-0.39, 0.29) is 5.91 Å². The van der Waals surface area contributed by atoms with Crippen LogP contribution in [0.1, 0.15) is 16.8 Å². The lowest BCUT2D eigenvalue weighted by Crippen LogP contribution is -2.29. The standard InChI is InChI=1S/C11H14N2O3/c1-16-10-6-12-4-2-9(10)11(15)13-5-3-8(14)7-13/h2,4,6,8,14H,3,5,7H2,1H3/t8-/m1/s1. The lowest BCUT2D eigenvalue weighted by atomic mass is 10.2. The molecular weight excluding hydrogens is 208 g/mol. The highest BCUT2D eigenvalue weighted by molar-refractivity contribution is 5.96. The smallest absolute Gasteiger partial charge is 0.257 e. The first-order chi connectivity index (χ1) is 7.72. The Morgan fingerprint density at radius 2 is 2.50 bits per heavy atom. The maximum atomic E-state index is 12.1. The van der Waals surface area contributed by atoms with E-state index in [0.29, 0.717) is 30.8 Å². The van der Waals surface area contributed by atoms with E-state index in [1.54, 1.807) is 17.2 Å². The Morgan fingerprint density at radius 3 is 3.12 bits per heavy atom. The molecule has 0 aliphatic carbocycles. The van der Waals surface area contributed by atoms with Gasteiger partial charge in [-0.3, -0.25) is 9.78 Å². The van der Waals surface area contributed by atoms with Gasteiger partial charge >= 0.3 is 0 Å². The Hall–Kier alpha value is -1.62. The van der Waals surface area contributed by atoms with E-state index in [9.17, 15) is 9.90 Å². The maximum Gasteiger partial charge on any atom is 0.257 e. The number of rotatable bonds is 2. The van der Waals surface area contributed by atoms with Crippen molar-refractivity contribution < 1.29 is 14.6 Å². The highest BCUT2D eigenvalue weighted by Gasteiger charge is 2.26. The zero-order chi connectivity index (χ0) is 11.5. The molecule has 0 aromatic carbocycles. The third-order valence-electron chi connectivity index (χ3n) is 2.69. The summed E-state index contributed by atoms with van der Waals surface area (Å²) in [7, 11) is 1.51. The first kappa shape index (κ1) is 10.9. The molecule has 2 heterocycles. The molecule has 5 heteroatoms. The molecule has 1 aliphatic heterocycles. The van der Waals surface area contributed by atoms with Crippen molar-refractivity contribution in [1.29, 1.82) is 0 Å². The molecule has 2 rings (SSSR count). The fourth-order valence-corrected chi connectivity index (χ4v) is 1.82. The van der Waals surface area contributed by atoms with Crippen molar-refractivity contribution in [2.24, 2.45) is 0 Å². The van der Waals surface area contributed by atoms with Crippen LogP contribution in [-0.4, -0.2) is 47.2 Å². The number of aromatic nitrogens is 1. The van der Waals surface area contributed by atoms with Crippen molar-refractivity contribution in [1.82, 2.24) is 9.88 Å². The van der Waals surface area contributed by atoms with Gasteiger partial charge in [0.05, 0.1) is 25.0 Å². The molecule has 0 spiro atoms. The summed E-state index contributed by atoms with van der Waals surface area (Å²) >= 11 is 0. The minimum atomic E-state index is -0.406. The minimum absolute atomic E-state index is 0.115. The number of nitrogens with zero attached hydrogens (tertiary/aromatic N) is 2. The third kappa shape index (κ3) is 1.99. The van der Waals surface area contributed by atoms with Gasteiger partial charge in [-0.2, -0.15) is 0 Å². The SMILES string of the molecule is COc1cnccc1C(=O)N1CC[C@@H](O)C1. The molecule has 0 bridgehead atoms. The molecule has 86 valence electrons. The van der Waals surface area contributed by atoms with E-state index in [1.807, 2.05) is 0 Å². The van der Waals surface area contributed by atoms with E-state index in [4.69, 9.17) is 4.74 Å². The van der Waals surface area contributed by atoms with E-state index >= 15 is 0 Å². The highest BCUT2D eigenvalue weighted by atomic mass is 16.5. The predicted octanol–water partition coefficient (Wildman–Crippen LogP) is 0.297. The van der Waals surface area contributed by atoms with Gasteiger partial charge in [0.2, 0.25) is 0 Å². The first-order valence-electron chi connectivity index (χ1n) is 5.17. The van der Waals surface area contributed by atoms with Crippen LogP contribution < -0.4 is 4.74 Å². The summed E-state index contributed by atoms with van der Waals surface area (Å²) < 4.78 is 5.08. The van der Waals surface area contributed by atoms with E-state index in [0.717, 1.165) is 0 Å². The second kappa shape index (κ2) is 4.49. The van der Waals surface area contributed by atoms with Crippen LogP contribution in [0.25, 0.3) is 0 Å². The number of β-amino-alcohol motifs (C(OH)–C–C–N with tert-alkyl or cyclic N) is 1. The highest BCUT2D eigenvalue weighted by Crippen LogP contribution is 2.20. The lowest BCUT2D eigenvalue weighted by molar-refractivity contribution is 0.0761. The summed E-state index contributed by atoms with van der Waals surface area (Å²) in [5.74, 6) is 0.352. The average Bonchev–Trinajstić information content (AvgIpc) is 2.75. The topological polar surface area (TPSA) is 62.7 Å². The molecule has 16 heavy (non-hydrogen) atoms. The summed E-state index contributed by atoms with van der Waals surface area (Å²) in [6, 6.07) is 1.63. The van der Waals surface area contributed by atoms with E-state index in [1.165, 1.54) is 13.3 Å². The molecule has 1 amide bonds. The van der Waals surface area contributed by atoms with Gasteiger partial charge in [0.15, 0.2) is 0 Å². The van der Waals surface area contributed by atoms with Gasteiger partial charge in [0.1, 0.15) is 5.75 Å². The molecule has 1 fully saturated rings. The number of aliphatic hydroxyl groups excluding tert-OH is 1. The molecule has 0 unspecified atom stereocenters. The molecule has 0 radical (unpaired) electrons. The summed E-state index contributed by atoms with van der Waals surface area (Å²) in [5, 5.41) is 9.38. The lowest BCUT2D eigenvalue weighted by Gasteiger charge is -2.16. The molecule has 1 N–H and O–H groups in total. The number of amides is 1. The van der Waals surface area contributed by atoms with Gasteiger partial charge in [-0.15, -0.1) is 0 Å². The summed E-state index contributed by atoms with van der Waals surface area (Å²) in [6.07, 6.45) is 3.30. The van der Waals surface area contributed by atoms with Crippen LogP contribution in [0.2, 0.25) is 0 Å². The number of aliphatic hydroxyl groups is 1. The number of pyridine rings is 1. The normalized spacial score (nSPS) is 19.9. The zero-order valence-corrected chi connectivity index (χ0v) is 9.09. The van der Waals surface area contributed by atoms with Crippen molar-refractivity contribution in [3.63, 3.8) is 0 Å². The Morgan fingerprint density at radius 1 is 1.69 bits per heavy atom. The van der Waals surface area contributed by atoms with Crippen LogP contribution >= 0.6 is 0 Å². The van der Waals surface area contributed by atoms with Crippen LogP contribution in [-0.2, 0) is 0 Å². The van der Waals surface area contributed by atoms with Gasteiger partial charge in [0.25, 0.3) is 5.91 Å². The monoisotopic (exact) mass is 222 g/mol. The van der Waals surface area contributed by atoms with Crippen molar-refractivity contribution in [3.05, 3.63) is 24.0 Å². The van der Waals surface area contributed by atoms with Crippen LogP contribution in [0.5, 0.6) is 5.75 Å². The molecule has 0 saturated carbocycles. The van der Waals surface area contributed by atoms with E-state index < -0.39 is 6.10 Å². The molecular formula is C11H14N2O3. The second-order valence-electron chi connectivity index (χ2n) is 3.77. The Kier molecular flexibility index (Phi) is 3.05. The van der Waals surface area contributed by atoms with Crippen molar-refractivity contribution in [3.8, 4) is 5.75 Å². The van der Waals surface area contributed by atoms with Crippen LogP contribution in [0.15, 0.2) is 18.5 Å². The first-order valence-corrected chi connectivity index (χ1v) is 5.17. The number of likely N-dealkylation sites (tertiary alicyclic amines) is 1. The summed E-state index contributed by atoms with van der Waals surface area (Å²) in [4.78, 5) is 17.6. The second-order valence-corrected chi connectivity index (χ2v) is 3.77. The van der Waals surface area contributed by atoms with Crippen LogP contribution in [0.4, 0.5) is 0 Å². The Bertz CT molecular complexity index is 395. The summed E-state index contributed by atoms with van der Waals surface area (Å²) in [6.45, 7) is 0.982. The Balaban J connectivity index is 2.20. The predicted molar refractivity (Wildman–Crippen MR) is 57.3 cm³/mol. The van der Waals surface area contributed by atoms with Crippen molar-refractivity contribution in [2.45, 2.75) is 12.5 Å². The number of hydrogen-bond donors (Lipinski definition) is 1. The van der Waals surface area contributed by atoms with Gasteiger partial charge in [-0.25, -0.2) is 0 Å². The third-order valence-corrected chi connectivity index (χ3v) is 2.69. The fourth-order valence-electron chi connectivity index (χ4n) is 1.82. The van der Waals surface area contributed by atoms with Gasteiger partial charge < -0.3 is 14.7 Å². The molecule has 1 aromatic rings. The van der Waals surface area contributed by atoms with Crippen molar-refractivity contribution >= 4 is 5.91 Å². The minimum Gasteiger partial charge on any atom is -0.494 e.